The third-order valence-electron chi connectivity index (χ3n) is 5.05. The largest absolute Gasteiger partial charge is 0.488 e. The molecule has 0 atom stereocenters. The summed E-state index contributed by atoms with van der Waals surface area (Å²) in [5.41, 5.74) is 4.58. The third-order valence-corrected chi connectivity index (χ3v) is 5.05. The minimum absolute atomic E-state index is 0.0765. The smallest absolute Gasteiger partial charge is 0.335 e. The molecule has 0 spiro atoms. The van der Waals surface area contributed by atoms with Gasteiger partial charge in [-0.3, -0.25) is 9.78 Å². The van der Waals surface area contributed by atoms with Crippen molar-refractivity contribution >= 4 is 17.6 Å². The van der Waals surface area contributed by atoms with E-state index in [1.807, 2.05) is 60.7 Å². The normalized spacial score (nSPS) is 10.5. The molecule has 1 aromatic heterocycles. The van der Waals surface area contributed by atoms with Gasteiger partial charge in [0.05, 0.1) is 5.56 Å². The Bertz CT molecular complexity index is 1300. The first kappa shape index (κ1) is 21.8. The highest BCUT2D eigenvalue weighted by molar-refractivity contribution is 5.96. The second kappa shape index (κ2) is 9.78. The summed E-state index contributed by atoms with van der Waals surface area (Å²) in [6.45, 7) is 1.79. The van der Waals surface area contributed by atoms with E-state index in [1.165, 1.54) is 13.0 Å². The third kappa shape index (κ3) is 5.25. The lowest BCUT2D eigenvalue weighted by Crippen LogP contribution is -2.07. The highest BCUT2D eigenvalue weighted by Gasteiger charge is 2.15. The summed E-state index contributed by atoms with van der Waals surface area (Å²) < 4.78 is 6.13. The van der Waals surface area contributed by atoms with Gasteiger partial charge in [0, 0.05) is 36.1 Å². The molecule has 164 valence electrons. The first-order valence-corrected chi connectivity index (χ1v) is 10.4. The lowest BCUT2D eigenvalue weighted by atomic mass is 9.94. The molecular formula is C27H22N2O4. The lowest BCUT2D eigenvalue weighted by molar-refractivity contribution is -0.114. The van der Waals surface area contributed by atoms with Crippen LogP contribution < -0.4 is 10.1 Å². The molecule has 3 aromatic carbocycles. The van der Waals surface area contributed by atoms with Crippen LogP contribution in [0.15, 0.2) is 91.3 Å². The van der Waals surface area contributed by atoms with Gasteiger partial charge in [-0.2, -0.15) is 0 Å². The molecule has 1 amide bonds. The molecule has 4 rings (SSSR count). The number of carbonyl (C=O) groups is 2. The van der Waals surface area contributed by atoms with Crippen LogP contribution in [0.5, 0.6) is 5.75 Å². The molecule has 0 bridgehead atoms. The minimum Gasteiger partial charge on any atom is -0.488 e. The molecule has 6 nitrogen and oxygen atoms in total. The zero-order valence-electron chi connectivity index (χ0n) is 18.0. The summed E-state index contributed by atoms with van der Waals surface area (Å²) in [6, 6.07) is 24.1. The number of para-hydroxylation sites is 1. The van der Waals surface area contributed by atoms with Crippen molar-refractivity contribution in [3.63, 3.8) is 0 Å². The Balaban J connectivity index is 1.77. The molecule has 2 N–H and O–H groups in total. The number of rotatable bonds is 7. The maximum absolute atomic E-state index is 11.7. The van der Waals surface area contributed by atoms with Crippen LogP contribution in [0.4, 0.5) is 5.69 Å². The number of anilines is 1. The Hall–Kier alpha value is -4.45. The van der Waals surface area contributed by atoms with Crippen molar-refractivity contribution in [2.24, 2.45) is 0 Å². The highest BCUT2D eigenvalue weighted by atomic mass is 16.5. The van der Waals surface area contributed by atoms with Gasteiger partial charge in [-0.15, -0.1) is 0 Å². The zero-order chi connectivity index (χ0) is 23.2. The van der Waals surface area contributed by atoms with Crippen LogP contribution in [-0.2, 0) is 11.4 Å². The number of carboxylic acids is 1. The lowest BCUT2D eigenvalue weighted by Gasteiger charge is -2.16. The Morgan fingerprint density at radius 1 is 0.909 bits per heavy atom. The first-order chi connectivity index (χ1) is 16.0. The van der Waals surface area contributed by atoms with E-state index >= 15 is 0 Å². The SMILES string of the molecule is CC(=O)Nc1cc(C(=O)O)cc(-c2ccncc2-c2ccccc2OCc2ccccc2)c1. The van der Waals surface area contributed by atoms with E-state index in [2.05, 4.69) is 10.3 Å². The fourth-order valence-electron chi connectivity index (χ4n) is 3.59. The molecule has 0 saturated carbocycles. The summed E-state index contributed by atoms with van der Waals surface area (Å²) >= 11 is 0. The number of carbonyl (C=O) groups excluding carboxylic acids is 1. The molecule has 33 heavy (non-hydrogen) atoms. The van der Waals surface area contributed by atoms with E-state index < -0.39 is 5.97 Å². The first-order valence-electron chi connectivity index (χ1n) is 10.4. The molecule has 6 heteroatoms. The predicted octanol–water partition coefficient (Wildman–Crippen LogP) is 5.65. The fraction of sp³-hybridized carbons (Fsp3) is 0.0741. The van der Waals surface area contributed by atoms with Crippen molar-refractivity contribution in [1.29, 1.82) is 0 Å². The van der Waals surface area contributed by atoms with Gasteiger partial charge >= 0.3 is 5.97 Å². The molecule has 0 fully saturated rings. The molecule has 0 aliphatic heterocycles. The number of benzene rings is 3. The van der Waals surface area contributed by atoms with Crippen molar-refractivity contribution in [2.45, 2.75) is 13.5 Å². The number of aromatic carboxylic acids is 1. The molecule has 0 radical (unpaired) electrons. The number of hydrogen-bond donors (Lipinski definition) is 2. The quantitative estimate of drug-likeness (QED) is 0.389. The predicted molar refractivity (Wildman–Crippen MR) is 127 cm³/mol. The van der Waals surface area contributed by atoms with Crippen molar-refractivity contribution in [3.8, 4) is 28.0 Å². The summed E-state index contributed by atoms with van der Waals surface area (Å²) in [7, 11) is 0. The summed E-state index contributed by atoms with van der Waals surface area (Å²) in [4.78, 5) is 27.6. The Morgan fingerprint density at radius 3 is 2.42 bits per heavy atom. The van der Waals surface area contributed by atoms with Gasteiger partial charge in [-0.25, -0.2) is 4.79 Å². The van der Waals surface area contributed by atoms with E-state index in [0.717, 1.165) is 22.3 Å². The van der Waals surface area contributed by atoms with Crippen molar-refractivity contribution in [2.75, 3.05) is 5.32 Å². The van der Waals surface area contributed by atoms with E-state index in [0.29, 0.717) is 23.6 Å². The summed E-state index contributed by atoms with van der Waals surface area (Å²) in [5.74, 6) is -0.671. The van der Waals surface area contributed by atoms with Gasteiger partial charge in [0.25, 0.3) is 0 Å². The molecule has 0 unspecified atom stereocenters. The van der Waals surface area contributed by atoms with Gasteiger partial charge in [0.15, 0.2) is 0 Å². The molecular weight excluding hydrogens is 416 g/mol. The number of amides is 1. The number of carboxylic acid groups (broad SMARTS) is 1. The summed E-state index contributed by atoms with van der Waals surface area (Å²) in [5, 5.41) is 12.3. The Labute approximate surface area is 191 Å². The number of aromatic nitrogens is 1. The topological polar surface area (TPSA) is 88.5 Å². The van der Waals surface area contributed by atoms with Crippen LogP contribution in [0, 0.1) is 0 Å². The van der Waals surface area contributed by atoms with Crippen molar-refractivity contribution < 1.29 is 19.4 Å². The van der Waals surface area contributed by atoms with E-state index in [4.69, 9.17) is 4.74 Å². The number of nitrogens with one attached hydrogen (secondary N) is 1. The van der Waals surface area contributed by atoms with E-state index in [1.54, 1.807) is 24.5 Å². The van der Waals surface area contributed by atoms with E-state index in [9.17, 15) is 14.7 Å². The van der Waals surface area contributed by atoms with Gasteiger partial charge in [-0.05, 0) is 47.0 Å². The summed E-state index contributed by atoms with van der Waals surface area (Å²) in [6.07, 6.45) is 3.38. The van der Waals surface area contributed by atoms with Crippen LogP contribution in [0.25, 0.3) is 22.3 Å². The second-order valence-corrected chi connectivity index (χ2v) is 7.48. The number of nitrogens with zero attached hydrogens (tertiary/aromatic N) is 1. The van der Waals surface area contributed by atoms with Crippen LogP contribution in [0.1, 0.15) is 22.8 Å². The molecule has 4 aromatic rings. The van der Waals surface area contributed by atoms with Crippen molar-refractivity contribution in [1.82, 2.24) is 4.98 Å². The van der Waals surface area contributed by atoms with Gasteiger partial charge in [0.1, 0.15) is 12.4 Å². The number of ether oxygens (including phenoxy) is 1. The van der Waals surface area contributed by atoms with Crippen molar-refractivity contribution in [3.05, 3.63) is 102 Å². The van der Waals surface area contributed by atoms with Gasteiger partial charge in [-0.1, -0.05) is 48.5 Å². The Morgan fingerprint density at radius 2 is 1.67 bits per heavy atom. The van der Waals surface area contributed by atoms with Crippen LogP contribution in [-0.4, -0.2) is 22.0 Å². The Kier molecular flexibility index (Phi) is 6.45. The molecule has 0 saturated heterocycles. The van der Waals surface area contributed by atoms with Crippen LogP contribution in [0.3, 0.4) is 0 Å². The second-order valence-electron chi connectivity index (χ2n) is 7.48. The monoisotopic (exact) mass is 438 g/mol. The molecule has 0 aliphatic carbocycles. The average molecular weight is 438 g/mol. The maximum Gasteiger partial charge on any atom is 0.335 e. The van der Waals surface area contributed by atoms with E-state index in [-0.39, 0.29) is 11.5 Å². The zero-order valence-corrected chi connectivity index (χ0v) is 18.0. The number of hydrogen-bond acceptors (Lipinski definition) is 4. The van der Waals surface area contributed by atoms with Gasteiger partial charge < -0.3 is 15.2 Å². The fourth-order valence-corrected chi connectivity index (χ4v) is 3.59. The van der Waals surface area contributed by atoms with Crippen LogP contribution >= 0.6 is 0 Å². The standard InChI is InChI=1S/C27H22N2O4/c1-18(30)29-22-14-20(13-21(15-22)27(31)32)23-11-12-28-16-25(23)24-9-5-6-10-26(24)33-17-19-7-3-2-4-8-19/h2-16H,17H2,1H3,(H,29,30)(H,31,32). The minimum atomic E-state index is -1.08. The molecule has 1 heterocycles. The molecule has 0 aliphatic rings. The number of pyridine rings is 1. The van der Waals surface area contributed by atoms with Crippen LogP contribution in [0.2, 0.25) is 0 Å². The highest BCUT2D eigenvalue weighted by Crippen LogP contribution is 2.38. The van der Waals surface area contributed by atoms with Gasteiger partial charge in [0.2, 0.25) is 5.91 Å². The average Bonchev–Trinajstić information content (AvgIpc) is 2.83. The maximum atomic E-state index is 11.7.